The van der Waals surface area contributed by atoms with E-state index >= 15 is 0 Å². The Balaban J connectivity index is 1.88. The highest BCUT2D eigenvalue weighted by Crippen LogP contribution is 2.46. The number of likely N-dealkylation sites (tertiary alicyclic amines) is 1. The van der Waals surface area contributed by atoms with E-state index in [9.17, 15) is 14.4 Å². The third-order valence-corrected chi connectivity index (χ3v) is 5.88. The summed E-state index contributed by atoms with van der Waals surface area (Å²) < 4.78 is 11.1. The zero-order valence-corrected chi connectivity index (χ0v) is 18.0. The van der Waals surface area contributed by atoms with Gasteiger partial charge in [0.05, 0.1) is 13.1 Å². The Morgan fingerprint density at radius 1 is 0.875 bits per heavy atom. The molecule has 2 aromatic rings. The summed E-state index contributed by atoms with van der Waals surface area (Å²) in [5, 5.41) is 3.24. The quantitative estimate of drug-likeness (QED) is 0.556. The number of carbonyl (C=O) groups excluding carboxylic acids is 3. The molecule has 0 aliphatic carbocycles. The number of carbonyl (C=O) groups is 3. The summed E-state index contributed by atoms with van der Waals surface area (Å²) in [6.07, 6.45) is 2.86. The molecule has 0 unspecified atom stereocenters. The molecular formula is C25H26N2O5. The summed E-state index contributed by atoms with van der Waals surface area (Å²) in [7, 11) is 0. The highest BCUT2D eigenvalue weighted by atomic mass is 16.7. The first kappa shape index (κ1) is 21.8. The van der Waals surface area contributed by atoms with Crippen molar-refractivity contribution in [3.05, 3.63) is 83.9 Å². The van der Waals surface area contributed by atoms with Gasteiger partial charge in [0, 0.05) is 24.1 Å². The summed E-state index contributed by atoms with van der Waals surface area (Å²) in [6.45, 7) is 3.31. The third kappa shape index (κ3) is 4.03. The molecule has 32 heavy (non-hydrogen) atoms. The van der Waals surface area contributed by atoms with Crippen LogP contribution in [0.3, 0.4) is 0 Å². The summed E-state index contributed by atoms with van der Waals surface area (Å²) in [4.78, 5) is 39.9. The highest BCUT2D eigenvalue weighted by Gasteiger charge is 2.60. The SMILES string of the molecule is CCCNCN1CC(c2ccccc2)(c2ccccc2)CC2(OC(=O)C=CC(=O)O2)C1=O. The predicted octanol–water partition coefficient (Wildman–Crippen LogP) is 2.51. The molecule has 7 heteroatoms. The minimum atomic E-state index is -2.06. The van der Waals surface area contributed by atoms with Crippen LogP contribution in [-0.2, 0) is 29.3 Å². The summed E-state index contributed by atoms with van der Waals surface area (Å²) in [5.41, 5.74) is 1.10. The minimum Gasteiger partial charge on any atom is -0.410 e. The fourth-order valence-corrected chi connectivity index (χ4v) is 4.46. The van der Waals surface area contributed by atoms with Gasteiger partial charge in [-0.25, -0.2) is 9.59 Å². The lowest BCUT2D eigenvalue weighted by molar-refractivity contribution is -0.238. The number of amides is 1. The van der Waals surface area contributed by atoms with Gasteiger partial charge in [-0.15, -0.1) is 0 Å². The summed E-state index contributed by atoms with van der Waals surface area (Å²) in [5.74, 6) is -4.19. The first-order valence-electron chi connectivity index (χ1n) is 10.7. The Morgan fingerprint density at radius 3 is 1.91 bits per heavy atom. The van der Waals surface area contributed by atoms with Crippen LogP contribution in [0.5, 0.6) is 0 Å². The molecular weight excluding hydrogens is 408 g/mol. The van der Waals surface area contributed by atoms with Crippen molar-refractivity contribution in [2.45, 2.75) is 31.0 Å². The van der Waals surface area contributed by atoms with Crippen molar-refractivity contribution in [1.82, 2.24) is 10.2 Å². The molecule has 0 bridgehead atoms. The molecule has 0 aromatic heterocycles. The van der Waals surface area contributed by atoms with E-state index in [-0.39, 0.29) is 13.1 Å². The number of benzene rings is 2. The van der Waals surface area contributed by atoms with E-state index in [2.05, 4.69) is 5.32 Å². The molecule has 7 nitrogen and oxygen atoms in total. The highest BCUT2D eigenvalue weighted by molar-refractivity contribution is 5.98. The van der Waals surface area contributed by atoms with Crippen molar-refractivity contribution in [2.75, 3.05) is 19.8 Å². The van der Waals surface area contributed by atoms with Gasteiger partial charge >= 0.3 is 23.6 Å². The Morgan fingerprint density at radius 2 is 1.41 bits per heavy atom. The molecule has 1 amide bonds. The van der Waals surface area contributed by atoms with Crippen molar-refractivity contribution in [2.24, 2.45) is 0 Å². The van der Waals surface area contributed by atoms with E-state index in [0.717, 1.165) is 29.7 Å². The van der Waals surface area contributed by atoms with Crippen molar-refractivity contribution in [1.29, 1.82) is 0 Å². The topological polar surface area (TPSA) is 84.9 Å². The van der Waals surface area contributed by atoms with Crippen LogP contribution < -0.4 is 5.32 Å². The molecule has 1 N–H and O–H groups in total. The molecule has 166 valence electrons. The van der Waals surface area contributed by atoms with E-state index in [0.29, 0.717) is 13.1 Å². The second kappa shape index (κ2) is 8.96. The molecule has 2 aromatic carbocycles. The van der Waals surface area contributed by atoms with Gasteiger partial charge in [0.25, 0.3) is 0 Å². The Labute approximate surface area is 187 Å². The molecule has 1 saturated heterocycles. The van der Waals surface area contributed by atoms with Crippen LogP contribution in [0.1, 0.15) is 30.9 Å². The van der Waals surface area contributed by atoms with Crippen LogP contribution in [0.15, 0.2) is 72.8 Å². The van der Waals surface area contributed by atoms with Crippen molar-refractivity contribution in [3.8, 4) is 0 Å². The lowest BCUT2D eigenvalue weighted by Crippen LogP contribution is -2.66. The first-order chi connectivity index (χ1) is 15.5. The number of piperidine rings is 1. The maximum absolute atomic E-state index is 13.6. The predicted molar refractivity (Wildman–Crippen MR) is 117 cm³/mol. The molecule has 2 heterocycles. The van der Waals surface area contributed by atoms with Crippen LogP contribution >= 0.6 is 0 Å². The van der Waals surface area contributed by atoms with Crippen molar-refractivity contribution in [3.63, 3.8) is 0 Å². The molecule has 2 aliphatic rings. The fraction of sp³-hybridized carbons (Fsp3) is 0.320. The first-order valence-corrected chi connectivity index (χ1v) is 10.7. The number of hydrogen-bond donors (Lipinski definition) is 1. The second-order valence-corrected chi connectivity index (χ2v) is 8.08. The number of nitrogens with zero attached hydrogens (tertiary/aromatic N) is 1. The zero-order valence-electron chi connectivity index (χ0n) is 18.0. The van der Waals surface area contributed by atoms with Gasteiger partial charge in [0.2, 0.25) is 0 Å². The molecule has 0 atom stereocenters. The second-order valence-electron chi connectivity index (χ2n) is 8.08. The molecule has 1 spiro atoms. The monoisotopic (exact) mass is 434 g/mol. The molecule has 4 rings (SSSR count). The maximum Gasteiger partial charge on any atom is 0.338 e. The number of ether oxygens (including phenoxy) is 2. The van der Waals surface area contributed by atoms with Crippen LogP contribution in [0, 0.1) is 0 Å². The van der Waals surface area contributed by atoms with E-state index < -0.39 is 29.0 Å². The van der Waals surface area contributed by atoms with Crippen LogP contribution in [0.2, 0.25) is 0 Å². The lowest BCUT2D eigenvalue weighted by atomic mass is 9.67. The number of esters is 2. The standard InChI is InChI=1S/C25H26N2O5/c1-2-15-26-18-27-17-24(19-9-5-3-6-10-19,20-11-7-4-8-12-20)16-25(23(27)30)31-21(28)13-14-22(29)32-25/h3-14,26H,2,15-18H2,1H3. The van der Waals surface area contributed by atoms with Gasteiger partial charge in [0.1, 0.15) is 0 Å². The minimum absolute atomic E-state index is 0.0176. The summed E-state index contributed by atoms with van der Waals surface area (Å²) in [6, 6.07) is 19.5. The Hall–Kier alpha value is -3.45. The fourth-order valence-electron chi connectivity index (χ4n) is 4.46. The van der Waals surface area contributed by atoms with Gasteiger partial charge in [0.15, 0.2) is 0 Å². The van der Waals surface area contributed by atoms with Gasteiger partial charge < -0.3 is 14.4 Å². The molecule has 2 aliphatic heterocycles. The number of nitrogens with one attached hydrogen (secondary N) is 1. The van der Waals surface area contributed by atoms with Crippen LogP contribution in [0.4, 0.5) is 0 Å². The Bertz CT molecular complexity index is 960. The average molecular weight is 434 g/mol. The molecule has 1 fully saturated rings. The van der Waals surface area contributed by atoms with E-state index in [1.54, 1.807) is 4.90 Å². The normalized spacial score (nSPS) is 19.4. The van der Waals surface area contributed by atoms with E-state index in [4.69, 9.17) is 9.47 Å². The van der Waals surface area contributed by atoms with Gasteiger partial charge in [-0.1, -0.05) is 67.6 Å². The Kier molecular flexibility index (Phi) is 6.10. The largest absolute Gasteiger partial charge is 0.410 e. The number of hydrogen-bond acceptors (Lipinski definition) is 6. The van der Waals surface area contributed by atoms with Crippen LogP contribution in [0.25, 0.3) is 0 Å². The maximum atomic E-state index is 13.6. The lowest BCUT2D eigenvalue weighted by Gasteiger charge is -2.49. The third-order valence-electron chi connectivity index (χ3n) is 5.88. The summed E-state index contributed by atoms with van der Waals surface area (Å²) >= 11 is 0. The van der Waals surface area contributed by atoms with E-state index in [1.807, 2.05) is 67.6 Å². The van der Waals surface area contributed by atoms with Crippen LogP contribution in [-0.4, -0.2) is 48.3 Å². The van der Waals surface area contributed by atoms with Gasteiger partial charge in [-0.3, -0.25) is 10.1 Å². The van der Waals surface area contributed by atoms with Gasteiger partial charge in [-0.2, -0.15) is 0 Å². The average Bonchev–Trinajstić information content (AvgIpc) is 2.96. The molecule has 0 radical (unpaired) electrons. The molecule has 0 saturated carbocycles. The van der Waals surface area contributed by atoms with E-state index in [1.165, 1.54) is 0 Å². The van der Waals surface area contributed by atoms with Gasteiger partial charge in [-0.05, 0) is 24.1 Å². The van der Waals surface area contributed by atoms with Crippen molar-refractivity contribution < 1.29 is 23.9 Å². The zero-order chi connectivity index (χ0) is 22.6. The number of rotatable bonds is 6. The van der Waals surface area contributed by atoms with Crippen molar-refractivity contribution >= 4 is 17.8 Å². The smallest absolute Gasteiger partial charge is 0.338 e.